The summed E-state index contributed by atoms with van der Waals surface area (Å²) in [5.41, 5.74) is -0.398. The minimum absolute atomic E-state index is 0.0876. The molecule has 0 radical (unpaired) electrons. The van der Waals surface area contributed by atoms with Crippen molar-refractivity contribution >= 4 is 23.5 Å². The summed E-state index contributed by atoms with van der Waals surface area (Å²) in [6.45, 7) is 6.54. The molecule has 0 aliphatic rings. The van der Waals surface area contributed by atoms with Gasteiger partial charge in [-0.05, 0) is 12.1 Å². The number of anilines is 1. The molecule has 0 saturated heterocycles. The summed E-state index contributed by atoms with van der Waals surface area (Å²) in [6, 6.07) is 1.06. The SMILES string of the molecule is CC(C)(C)SCCNC(=O)Nc1ccc(F)c(F)c1F. The fourth-order valence-electron chi connectivity index (χ4n) is 1.31. The van der Waals surface area contributed by atoms with Gasteiger partial charge in [-0.3, -0.25) is 0 Å². The van der Waals surface area contributed by atoms with Gasteiger partial charge in [-0.15, -0.1) is 0 Å². The summed E-state index contributed by atoms with van der Waals surface area (Å²) >= 11 is 1.66. The van der Waals surface area contributed by atoms with Crippen LogP contribution in [-0.2, 0) is 0 Å². The number of amides is 2. The largest absolute Gasteiger partial charge is 0.337 e. The van der Waals surface area contributed by atoms with Crippen molar-refractivity contribution in [2.75, 3.05) is 17.6 Å². The van der Waals surface area contributed by atoms with E-state index < -0.39 is 29.2 Å². The summed E-state index contributed by atoms with van der Waals surface area (Å²) in [5, 5.41) is 4.65. The molecule has 0 fully saturated rings. The van der Waals surface area contributed by atoms with Gasteiger partial charge >= 0.3 is 6.03 Å². The van der Waals surface area contributed by atoms with Crippen LogP contribution in [0.4, 0.5) is 23.7 Å². The smallest absolute Gasteiger partial charge is 0.319 e. The zero-order valence-electron chi connectivity index (χ0n) is 11.5. The van der Waals surface area contributed by atoms with Crippen LogP contribution in [0.15, 0.2) is 12.1 Å². The molecule has 0 bridgehead atoms. The summed E-state index contributed by atoms with van der Waals surface area (Å²) in [7, 11) is 0. The predicted octanol–water partition coefficient (Wildman–Crippen LogP) is 3.76. The number of urea groups is 1. The van der Waals surface area contributed by atoms with Crippen LogP contribution in [-0.4, -0.2) is 23.1 Å². The normalized spacial score (nSPS) is 11.3. The molecule has 2 N–H and O–H groups in total. The Balaban J connectivity index is 2.45. The second-order valence-corrected chi connectivity index (χ2v) is 6.99. The number of carbonyl (C=O) groups excluding carboxylic acids is 1. The van der Waals surface area contributed by atoms with Crippen LogP contribution < -0.4 is 10.6 Å². The maximum atomic E-state index is 13.3. The molecule has 0 atom stereocenters. The molecule has 0 aliphatic carbocycles. The van der Waals surface area contributed by atoms with Crippen molar-refractivity contribution in [1.82, 2.24) is 5.32 Å². The third kappa shape index (κ3) is 5.32. The first-order valence-corrected chi connectivity index (χ1v) is 7.01. The topological polar surface area (TPSA) is 41.1 Å². The Kier molecular flexibility index (Phi) is 5.74. The second kappa shape index (κ2) is 6.88. The Labute approximate surface area is 120 Å². The monoisotopic (exact) mass is 306 g/mol. The maximum Gasteiger partial charge on any atom is 0.319 e. The first kappa shape index (κ1) is 16.7. The lowest BCUT2D eigenvalue weighted by molar-refractivity contribution is 0.252. The van der Waals surface area contributed by atoms with Crippen molar-refractivity contribution in [1.29, 1.82) is 0 Å². The maximum absolute atomic E-state index is 13.3. The quantitative estimate of drug-likeness (QED) is 0.657. The Morgan fingerprint density at radius 1 is 1.20 bits per heavy atom. The summed E-state index contributed by atoms with van der Waals surface area (Å²) in [4.78, 5) is 11.5. The zero-order chi connectivity index (χ0) is 15.3. The van der Waals surface area contributed by atoms with Crippen molar-refractivity contribution < 1.29 is 18.0 Å². The molecule has 1 aromatic rings. The number of hydrogen-bond acceptors (Lipinski definition) is 2. The highest BCUT2D eigenvalue weighted by atomic mass is 32.2. The van der Waals surface area contributed by atoms with Gasteiger partial charge in [0.1, 0.15) is 0 Å². The standard InChI is InChI=1S/C13H17F3N2OS/c1-13(2,3)20-7-6-17-12(19)18-9-5-4-8(14)10(15)11(9)16/h4-5H,6-7H2,1-3H3,(H2,17,18,19). The number of thioether (sulfide) groups is 1. The predicted molar refractivity (Wildman–Crippen MR) is 75.5 cm³/mol. The molecule has 0 aliphatic heterocycles. The van der Waals surface area contributed by atoms with Gasteiger partial charge in [-0.2, -0.15) is 11.8 Å². The lowest BCUT2D eigenvalue weighted by Gasteiger charge is -2.17. The van der Waals surface area contributed by atoms with Crippen LogP contribution in [0.1, 0.15) is 20.8 Å². The molecule has 20 heavy (non-hydrogen) atoms. The Bertz CT molecular complexity index is 489. The van der Waals surface area contributed by atoms with Gasteiger partial charge in [0, 0.05) is 17.0 Å². The van der Waals surface area contributed by atoms with Crippen LogP contribution in [0, 0.1) is 17.5 Å². The first-order valence-electron chi connectivity index (χ1n) is 6.03. The van der Waals surface area contributed by atoms with Crippen LogP contribution in [0.3, 0.4) is 0 Å². The fourth-order valence-corrected chi connectivity index (χ4v) is 2.13. The van der Waals surface area contributed by atoms with E-state index in [2.05, 4.69) is 31.4 Å². The number of halogens is 3. The van der Waals surface area contributed by atoms with E-state index in [0.29, 0.717) is 12.3 Å². The first-order chi connectivity index (χ1) is 9.20. The molecule has 1 rings (SSSR count). The molecule has 3 nitrogen and oxygen atoms in total. The second-order valence-electron chi connectivity index (χ2n) is 5.06. The van der Waals surface area contributed by atoms with Gasteiger partial charge in [0.05, 0.1) is 5.69 Å². The van der Waals surface area contributed by atoms with Gasteiger partial charge in [0.25, 0.3) is 0 Å². The summed E-state index contributed by atoms with van der Waals surface area (Å²) < 4.78 is 39.1. The van der Waals surface area contributed by atoms with Crippen LogP contribution in [0.25, 0.3) is 0 Å². The van der Waals surface area contributed by atoms with Crippen LogP contribution in [0.2, 0.25) is 0 Å². The van der Waals surface area contributed by atoms with E-state index in [1.807, 2.05) is 0 Å². The van der Waals surface area contributed by atoms with Gasteiger partial charge in [0.15, 0.2) is 17.5 Å². The number of rotatable bonds is 4. The third-order valence-corrected chi connectivity index (χ3v) is 3.48. The molecule has 7 heteroatoms. The van der Waals surface area contributed by atoms with E-state index in [4.69, 9.17) is 0 Å². The molecule has 112 valence electrons. The Hall–Kier alpha value is -1.37. The molecule has 0 saturated carbocycles. The van der Waals surface area contributed by atoms with Crippen molar-refractivity contribution in [2.45, 2.75) is 25.5 Å². The van der Waals surface area contributed by atoms with E-state index in [1.165, 1.54) is 0 Å². The highest BCUT2D eigenvalue weighted by Gasteiger charge is 2.15. The number of carbonyl (C=O) groups is 1. The lowest BCUT2D eigenvalue weighted by atomic mass is 10.3. The summed E-state index contributed by atoms with van der Waals surface area (Å²) in [5.74, 6) is -3.62. The molecule has 0 aromatic heterocycles. The Morgan fingerprint density at radius 3 is 2.45 bits per heavy atom. The van der Waals surface area contributed by atoms with Gasteiger partial charge in [-0.25, -0.2) is 18.0 Å². The van der Waals surface area contributed by atoms with Gasteiger partial charge < -0.3 is 10.6 Å². The third-order valence-electron chi connectivity index (χ3n) is 2.21. The zero-order valence-corrected chi connectivity index (χ0v) is 12.3. The van der Waals surface area contributed by atoms with Crippen LogP contribution >= 0.6 is 11.8 Å². The highest BCUT2D eigenvalue weighted by molar-refractivity contribution is 8.00. The summed E-state index contributed by atoms with van der Waals surface area (Å²) in [6.07, 6.45) is 0. The van der Waals surface area contributed by atoms with Gasteiger partial charge in [0.2, 0.25) is 0 Å². The minimum atomic E-state index is -1.61. The average Bonchev–Trinajstić information content (AvgIpc) is 2.34. The van der Waals surface area contributed by atoms with Crippen molar-refractivity contribution in [2.24, 2.45) is 0 Å². The molecule has 2 amide bonds. The van der Waals surface area contributed by atoms with E-state index >= 15 is 0 Å². The molecular formula is C13H17F3N2OS. The molecule has 1 aromatic carbocycles. The minimum Gasteiger partial charge on any atom is -0.337 e. The number of benzene rings is 1. The van der Waals surface area contributed by atoms with Crippen molar-refractivity contribution in [3.05, 3.63) is 29.6 Å². The van der Waals surface area contributed by atoms with Gasteiger partial charge in [-0.1, -0.05) is 20.8 Å². The van der Waals surface area contributed by atoms with E-state index in [0.717, 1.165) is 12.1 Å². The van der Waals surface area contributed by atoms with E-state index in [9.17, 15) is 18.0 Å². The van der Waals surface area contributed by atoms with Crippen molar-refractivity contribution in [3.63, 3.8) is 0 Å². The molecule has 0 unspecified atom stereocenters. The highest BCUT2D eigenvalue weighted by Crippen LogP contribution is 2.22. The molecule has 0 spiro atoms. The number of nitrogens with one attached hydrogen (secondary N) is 2. The Morgan fingerprint density at radius 2 is 1.85 bits per heavy atom. The van der Waals surface area contributed by atoms with Crippen molar-refractivity contribution in [3.8, 4) is 0 Å². The van der Waals surface area contributed by atoms with E-state index in [-0.39, 0.29) is 4.75 Å². The lowest BCUT2D eigenvalue weighted by Crippen LogP contribution is -2.31. The average molecular weight is 306 g/mol. The van der Waals surface area contributed by atoms with E-state index in [1.54, 1.807) is 11.8 Å². The fraction of sp³-hybridized carbons (Fsp3) is 0.462. The molecular weight excluding hydrogens is 289 g/mol. The number of hydrogen-bond donors (Lipinski definition) is 2. The molecule has 0 heterocycles. The van der Waals surface area contributed by atoms with Crippen LogP contribution in [0.5, 0.6) is 0 Å².